The summed E-state index contributed by atoms with van der Waals surface area (Å²) in [5.74, 6) is 3.13. The third-order valence-electron chi connectivity index (χ3n) is 15.0. The predicted octanol–water partition coefficient (Wildman–Crippen LogP) is 14.6. The molecule has 14 rings (SSSR count). The SMILES string of the molecule is C=C1CC2c3ccccc3N3c4nc5ccccc5nc4N(c4ccccc4)C3C2C2N(c3ccc(-c4ccccc4C)cc3)c3nc4ccccc4nc3N2c2ccc(-c3ccccc3C)cc21. The Morgan fingerprint density at radius 3 is 1.43 bits per heavy atom. The minimum atomic E-state index is -0.349. The van der Waals surface area contributed by atoms with Crippen molar-refractivity contribution in [2.24, 2.45) is 5.92 Å². The summed E-state index contributed by atoms with van der Waals surface area (Å²) in [6.45, 7) is 9.40. The zero-order valence-corrected chi connectivity index (χ0v) is 38.3. The molecule has 8 aromatic carbocycles. The summed E-state index contributed by atoms with van der Waals surface area (Å²) in [6, 6.07) is 69.6. The number of aromatic nitrogens is 4. The summed E-state index contributed by atoms with van der Waals surface area (Å²) < 4.78 is 0. The zero-order chi connectivity index (χ0) is 45.9. The second-order valence-corrected chi connectivity index (χ2v) is 18.8. The van der Waals surface area contributed by atoms with Crippen LogP contribution in [0.1, 0.15) is 34.6 Å². The number of aryl methyl sites for hydroxylation is 2. The average Bonchev–Trinajstić information content (AvgIpc) is 3.89. The van der Waals surface area contributed by atoms with Gasteiger partial charge in [-0.3, -0.25) is 0 Å². The van der Waals surface area contributed by atoms with Gasteiger partial charge >= 0.3 is 0 Å². The van der Waals surface area contributed by atoms with E-state index in [1.807, 2.05) is 12.1 Å². The van der Waals surface area contributed by atoms with Crippen LogP contribution in [0.3, 0.4) is 0 Å². The second kappa shape index (κ2) is 15.2. The third kappa shape index (κ3) is 5.94. The monoisotopic (exact) mass is 890 g/mol. The van der Waals surface area contributed by atoms with Crippen LogP contribution in [0.15, 0.2) is 201 Å². The number of nitrogens with zero attached hydrogens (tertiary/aromatic N) is 8. The van der Waals surface area contributed by atoms with Gasteiger partial charge in [0, 0.05) is 34.5 Å². The summed E-state index contributed by atoms with van der Waals surface area (Å²) in [7, 11) is 0. The van der Waals surface area contributed by atoms with Crippen molar-refractivity contribution in [1.82, 2.24) is 19.9 Å². The molecule has 69 heavy (non-hydrogen) atoms. The molecular weight excluding hydrogens is 845 g/mol. The van der Waals surface area contributed by atoms with Crippen LogP contribution in [0.4, 0.5) is 46.0 Å². The minimum Gasteiger partial charge on any atom is -0.301 e. The summed E-state index contributed by atoms with van der Waals surface area (Å²) in [4.78, 5) is 32.3. The Hall–Kier alpha value is -8.62. The number of allylic oxidation sites excluding steroid dienone is 1. The molecule has 4 atom stereocenters. The van der Waals surface area contributed by atoms with Gasteiger partial charge in [-0.2, -0.15) is 0 Å². The van der Waals surface area contributed by atoms with Crippen molar-refractivity contribution >= 4 is 73.7 Å². The van der Waals surface area contributed by atoms with E-state index in [1.54, 1.807) is 0 Å². The average molecular weight is 891 g/mol. The van der Waals surface area contributed by atoms with Gasteiger partial charge in [0.05, 0.1) is 27.8 Å². The van der Waals surface area contributed by atoms with Gasteiger partial charge in [-0.1, -0.05) is 134 Å². The van der Waals surface area contributed by atoms with Crippen molar-refractivity contribution in [3.63, 3.8) is 0 Å². The van der Waals surface area contributed by atoms with E-state index in [0.717, 1.165) is 91.2 Å². The molecule has 0 radical (unpaired) electrons. The Balaban J connectivity index is 1.08. The van der Waals surface area contributed by atoms with Crippen molar-refractivity contribution in [3.05, 3.63) is 223 Å². The van der Waals surface area contributed by atoms with E-state index in [-0.39, 0.29) is 24.2 Å². The van der Waals surface area contributed by atoms with Gasteiger partial charge in [-0.25, -0.2) is 19.9 Å². The number of benzene rings is 8. The van der Waals surface area contributed by atoms with Crippen LogP contribution in [-0.4, -0.2) is 32.3 Å². The Bertz CT molecular complexity index is 3720. The standard InChI is InChI=1S/C61H46N8/c1-37-17-7-9-21-44(37)40-29-32-43(33-30-40)67-57-59(65-52-27-15-13-25-50(52)63-57)69-54-34-31-41(45-22-10-8-18-38(45)2)36-47(54)39(3)35-48-46-23-11-16-28-53(46)68-58-56(62-49-24-12-14-26-51(49)64-58)66(42-19-5-4-6-20-42)60(68)55(48)61(67)69/h4-34,36,48,55,60-61H,3,35H2,1-2H3. The number of hydrogen-bond donors (Lipinski definition) is 0. The number of rotatable bonds is 4. The lowest BCUT2D eigenvalue weighted by Crippen LogP contribution is -2.60. The van der Waals surface area contributed by atoms with Crippen LogP contribution >= 0.6 is 0 Å². The fourth-order valence-corrected chi connectivity index (χ4v) is 11.9. The second-order valence-electron chi connectivity index (χ2n) is 18.8. The Morgan fingerprint density at radius 1 is 0.406 bits per heavy atom. The highest BCUT2D eigenvalue weighted by molar-refractivity contribution is 5.96. The van der Waals surface area contributed by atoms with Gasteiger partial charge in [0.2, 0.25) is 0 Å². The molecule has 4 aliphatic heterocycles. The van der Waals surface area contributed by atoms with Crippen molar-refractivity contribution < 1.29 is 0 Å². The van der Waals surface area contributed by atoms with Gasteiger partial charge in [0.25, 0.3) is 0 Å². The normalized spacial score (nSPS) is 18.7. The lowest BCUT2D eigenvalue weighted by Gasteiger charge is -2.52. The molecule has 2 aromatic heterocycles. The van der Waals surface area contributed by atoms with Crippen LogP contribution in [0, 0.1) is 19.8 Å². The minimum absolute atomic E-state index is 0.0230. The molecule has 0 aliphatic carbocycles. The highest BCUT2D eigenvalue weighted by Gasteiger charge is 2.59. The Labute approximate surface area is 401 Å². The smallest absolute Gasteiger partial charge is 0.179 e. The molecule has 4 aliphatic rings. The lowest BCUT2D eigenvalue weighted by molar-refractivity contribution is 0.289. The summed E-state index contributed by atoms with van der Waals surface area (Å²) >= 11 is 0. The first-order chi connectivity index (χ1) is 34.0. The van der Waals surface area contributed by atoms with Crippen LogP contribution < -0.4 is 19.6 Å². The van der Waals surface area contributed by atoms with Crippen LogP contribution in [0.5, 0.6) is 0 Å². The zero-order valence-electron chi connectivity index (χ0n) is 38.3. The summed E-state index contributed by atoms with van der Waals surface area (Å²) in [5, 5.41) is 0. The van der Waals surface area contributed by atoms with Gasteiger partial charge < -0.3 is 19.6 Å². The van der Waals surface area contributed by atoms with Gasteiger partial charge in [0.1, 0.15) is 12.3 Å². The highest BCUT2D eigenvalue weighted by Crippen LogP contribution is 2.63. The first kappa shape index (κ1) is 39.5. The van der Waals surface area contributed by atoms with Crippen LogP contribution in [0.2, 0.25) is 0 Å². The Morgan fingerprint density at radius 2 is 0.855 bits per heavy atom. The summed E-state index contributed by atoms with van der Waals surface area (Å²) in [6.07, 6.45) is 0.0875. The first-order valence-corrected chi connectivity index (χ1v) is 23.9. The fraction of sp³-hybridized carbons (Fsp3) is 0.115. The predicted molar refractivity (Wildman–Crippen MR) is 281 cm³/mol. The molecule has 0 spiro atoms. The van der Waals surface area contributed by atoms with E-state index in [9.17, 15) is 0 Å². The molecule has 4 unspecified atom stereocenters. The molecule has 330 valence electrons. The molecular formula is C61H46N8. The quantitative estimate of drug-likeness (QED) is 0.173. The van der Waals surface area contributed by atoms with Crippen molar-refractivity contribution in [1.29, 1.82) is 0 Å². The van der Waals surface area contributed by atoms with Gasteiger partial charge in [-0.05, 0) is 132 Å². The molecule has 8 nitrogen and oxygen atoms in total. The maximum Gasteiger partial charge on any atom is 0.179 e. The Kier molecular flexibility index (Phi) is 8.71. The molecule has 0 saturated heterocycles. The van der Waals surface area contributed by atoms with E-state index >= 15 is 0 Å². The molecule has 8 heteroatoms. The van der Waals surface area contributed by atoms with Crippen LogP contribution in [0.25, 0.3) is 49.9 Å². The molecule has 0 bridgehead atoms. The number of anilines is 8. The first-order valence-electron chi connectivity index (χ1n) is 23.9. The lowest BCUT2D eigenvalue weighted by atomic mass is 9.71. The van der Waals surface area contributed by atoms with Crippen LogP contribution in [-0.2, 0) is 0 Å². The van der Waals surface area contributed by atoms with Crippen molar-refractivity contribution in [2.45, 2.75) is 38.5 Å². The van der Waals surface area contributed by atoms with E-state index in [0.29, 0.717) is 0 Å². The third-order valence-corrected chi connectivity index (χ3v) is 15.0. The maximum absolute atomic E-state index is 5.64. The van der Waals surface area contributed by atoms with Gasteiger partial charge in [-0.15, -0.1) is 0 Å². The van der Waals surface area contributed by atoms with Crippen molar-refractivity contribution in [2.75, 3.05) is 19.6 Å². The fourth-order valence-electron chi connectivity index (χ4n) is 11.9. The van der Waals surface area contributed by atoms with E-state index in [4.69, 9.17) is 26.5 Å². The molecule has 0 saturated carbocycles. The number of hydrogen-bond acceptors (Lipinski definition) is 8. The molecule has 10 aromatic rings. The number of fused-ring (bicyclic) bond motifs is 16. The summed E-state index contributed by atoms with van der Waals surface area (Å²) in [5.41, 5.74) is 18.4. The highest BCUT2D eigenvalue weighted by atomic mass is 15.5. The van der Waals surface area contributed by atoms with E-state index in [2.05, 4.69) is 215 Å². The molecule has 0 fully saturated rings. The van der Waals surface area contributed by atoms with Crippen molar-refractivity contribution in [3.8, 4) is 22.3 Å². The molecule has 0 amide bonds. The van der Waals surface area contributed by atoms with Gasteiger partial charge in [0.15, 0.2) is 23.3 Å². The molecule has 0 N–H and O–H groups in total. The van der Waals surface area contributed by atoms with E-state index in [1.165, 1.54) is 33.4 Å². The maximum atomic E-state index is 5.64. The topological polar surface area (TPSA) is 64.5 Å². The largest absolute Gasteiger partial charge is 0.301 e. The number of para-hydroxylation sites is 6. The van der Waals surface area contributed by atoms with E-state index < -0.39 is 0 Å². The molecule has 6 heterocycles.